The Labute approximate surface area is 123 Å². The van der Waals surface area contributed by atoms with Crippen LogP contribution in [0.2, 0.25) is 0 Å². The van der Waals surface area contributed by atoms with E-state index < -0.39 is 0 Å². The fourth-order valence-electron chi connectivity index (χ4n) is 2.82. The topological polar surface area (TPSA) is 0 Å². The predicted molar refractivity (Wildman–Crippen MR) is 89.7 cm³/mol. The molecule has 0 N–H and O–H groups in total. The van der Waals surface area contributed by atoms with E-state index in [4.69, 9.17) is 0 Å². The molecule has 0 fully saturated rings. The van der Waals surface area contributed by atoms with Crippen LogP contribution in [0.5, 0.6) is 0 Å². The lowest BCUT2D eigenvalue weighted by molar-refractivity contribution is 0.451. The van der Waals surface area contributed by atoms with E-state index in [1.807, 2.05) is 0 Å². The Morgan fingerprint density at radius 3 is 1.53 bits per heavy atom. The Hall–Kier alpha value is -0.260. The van der Waals surface area contributed by atoms with Crippen LogP contribution in [0.1, 0.15) is 105 Å². The summed E-state index contributed by atoms with van der Waals surface area (Å²) in [5, 5.41) is 0. The maximum absolute atomic E-state index is 2.34. The van der Waals surface area contributed by atoms with Gasteiger partial charge in [0.05, 0.1) is 0 Å². The molecule has 114 valence electrons. The van der Waals surface area contributed by atoms with Crippen molar-refractivity contribution >= 4 is 0 Å². The smallest absolute Gasteiger partial charge is 0.0206 e. The monoisotopic (exact) mass is 266 g/mol. The van der Waals surface area contributed by atoms with Crippen LogP contribution in [0, 0.1) is 5.92 Å². The van der Waals surface area contributed by atoms with Crippen molar-refractivity contribution in [2.45, 2.75) is 105 Å². The minimum absolute atomic E-state index is 0.869. The van der Waals surface area contributed by atoms with Crippen molar-refractivity contribution < 1.29 is 0 Å². The molecule has 0 atom stereocenters. The molecule has 0 unspecified atom stereocenters. The van der Waals surface area contributed by atoms with Crippen LogP contribution >= 0.6 is 0 Å². The van der Waals surface area contributed by atoms with Gasteiger partial charge in [0.25, 0.3) is 0 Å². The second kappa shape index (κ2) is 14.2. The lowest BCUT2D eigenvalue weighted by atomic mass is 9.88. The highest BCUT2D eigenvalue weighted by molar-refractivity contribution is 5.01. The molecule has 0 radical (unpaired) electrons. The van der Waals surface area contributed by atoms with Gasteiger partial charge < -0.3 is 0 Å². The summed E-state index contributed by atoms with van der Waals surface area (Å²) in [7, 11) is 0. The highest BCUT2D eigenvalue weighted by atomic mass is 14.1. The van der Waals surface area contributed by atoms with Crippen LogP contribution in [0.15, 0.2) is 11.6 Å². The largest absolute Gasteiger partial charge is 0.0885 e. The van der Waals surface area contributed by atoms with Crippen LogP contribution in [0.4, 0.5) is 0 Å². The first-order valence-corrected chi connectivity index (χ1v) is 8.89. The van der Waals surface area contributed by atoms with Gasteiger partial charge in [-0.2, -0.15) is 0 Å². The molecule has 0 saturated heterocycles. The first-order chi connectivity index (χ1) is 9.26. The zero-order chi connectivity index (χ0) is 14.3. The molecule has 0 aliphatic heterocycles. The van der Waals surface area contributed by atoms with Gasteiger partial charge in [-0.15, -0.1) is 0 Å². The maximum atomic E-state index is 2.34. The van der Waals surface area contributed by atoms with Gasteiger partial charge in [0.1, 0.15) is 0 Å². The van der Waals surface area contributed by atoms with E-state index in [2.05, 4.69) is 33.8 Å². The lowest BCUT2D eigenvalue weighted by Crippen LogP contribution is -2.02. The number of hydrogen-bond acceptors (Lipinski definition) is 0. The average Bonchev–Trinajstić information content (AvgIpc) is 2.43. The summed E-state index contributed by atoms with van der Waals surface area (Å²) >= 11 is 0. The van der Waals surface area contributed by atoms with Gasteiger partial charge in [0.2, 0.25) is 0 Å². The highest BCUT2D eigenvalue weighted by Crippen LogP contribution is 2.25. The molecule has 0 aromatic carbocycles. The van der Waals surface area contributed by atoms with E-state index in [1.54, 1.807) is 5.57 Å². The summed E-state index contributed by atoms with van der Waals surface area (Å²) < 4.78 is 0. The van der Waals surface area contributed by atoms with Gasteiger partial charge >= 0.3 is 0 Å². The third-order valence-corrected chi connectivity index (χ3v) is 4.41. The molecule has 0 rings (SSSR count). The number of rotatable bonds is 13. The second-order valence-corrected chi connectivity index (χ2v) is 6.14. The minimum atomic E-state index is 0.869. The number of hydrogen-bond donors (Lipinski definition) is 0. The third-order valence-electron chi connectivity index (χ3n) is 4.41. The predicted octanol–water partition coefficient (Wildman–Crippen LogP) is 7.29. The maximum Gasteiger partial charge on any atom is -0.0206 e. The second-order valence-electron chi connectivity index (χ2n) is 6.14. The zero-order valence-corrected chi connectivity index (χ0v) is 14.1. The molecular formula is C19H38. The Bertz CT molecular complexity index is 188. The van der Waals surface area contributed by atoms with Gasteiger partial charge in [0, 0.05) is 0 Å². The minimum Gasteiger partial charge on any atom is -0.0885 e. The Kier molecular flexibility index (Phi) is 14.0. The van der Waals surface area contributed by atoms with Crippen molar-refractivity contribution in [1.29, 1.82) is 0 Å². The summed E-state index contributed by atoms with van der Waals surface area (Å²) in [5.74, 6) is 0.869. The fourth-order valence-corrected chi connectivity index (χ4v) is 2.82. The first-order valence-electron chi connectivity index (χ1n) is 8.89. The standard InChI is InChI=1S/C19H38/c1-5-8-10-12-14-16-19(18(4)7-3)17-15-13-11-9-6-2/h7,19H,5-6,8-17H2,1-4H3. The molecule has 0 aliphatic carbocycles. The third kappa shape index (κ3) is 11.3. The van der Waals surface area contributed by atoms with Gasteiger partial charge in [-0.25, -0.2) is 0 Å². The van der Waals surface area contributed by atoms with Crippen LogP contribution in [0.3, 0.4) is 0 Å². The van der Waals surface area contributed by atoms with Gasteiger partial charge in [-0.1, -0.05) is 89.7 Å². The molecule has 0 saturated carbocycles. The van der Waals surface area contributed by atoms with Crippen LogP contribution in [-0.2, 0) is 0 Å². The summed E-state index contributed by atoms with van der Waals surface area (Å²) in [6.07, 6.45) is 19.4. The van der Waals surface area contributed by atoms with Crippen LogP contribution in [0.25, 0.3) is 0 Å². The first kappa shape index (κ1) is 18.7. The van der Waals surface area contributed by atoms with E-state index in [0.717, 1.165) is 5.92 Å². The summed E-state index contributed by atoms with van der Waals surface area (Å²) in [6.45, 7) is 9.13. The molecule has 0 heteroatoms. The lowest BCUT2D eigenvalue weighted by Gasteiger charge is -2.17. The number of allylic oxidation sites excluding steroid dienone is 2. The Morgan fingerprint density at radius 1 is 0.737 bits per heavy atom. The van der Waals surface area contributed by atoms with Crippen LogP contribution < -0.4 is 0 Å². The molecular weight excluding hydrogens is 228 g/mol. The van der Waals surface area contributed by atoms with E-state index in [9.17, 15) is 0 Å². The van der Waals surface area contributed by atoms with Crippen LogP contribution in [-0.4, -0.2) is 0 Å². The molecule has 0 bridgehead atoms. The quantitative estimate of drug-likeness (QED) is 0.242. The van der Waals surface area contributed by atoms with Crippen molar-refractivity contribution in [1.82, 2.24) is 0 Å². The molecule has 0 aromatic rings. The van der Waals surface area contributed by atoms with E-state index in [1.165, 1.54) is 77.0 Å². The average molecular weight is 267 g/mol. The normalized spacial score (nSPS) is 12.4. The van der Waals surface area contributed by atoms with Crippen molar-refractivity contribution in [3.8, 4) is 0 Å². The van der Waals surface area contributed by atoms with Crippen molar-refractivity contribution in [3.05, 3.63) is 11.6 Å². The molecule has 0 aromatic heterocycles. The zero-order valence-electron chi connectivity index (χ0n) is 14.1. The van der Waals surface area contributed by atoms with E-state index in [-0.39, 0.29) is 0 Å². The Balaban J connectivity index is 3.77. The SMILES string of the molecule is CC=C(C)C(CCCCCCC)CCCCCCC. The molecule has 0 spiro atoms. The summed E-state index contributed by atoms with van der Waals surface area (Å²) in [4.78, 5) is 0. The van der Waals surface area contributed by atoms with Gasteiger partial charge in [-0.3, -0.25) is 0 Å². The summed E-state index contributed by atoms with van der Waals surface area (Å²) in [5.41, 5.74) is 1.63. The highest BCUT2D eigenvalue weighted by Gasteiger charge is 2.09. The molecule has 0 aliphatic rings. The summed E-state index contributed by atoms with van der Waals surface area (Å²) in [6, 6.07) is 0. The van der Waals surface area contributed by atoms with E-state index >= 15 is 0 Å². The Morgan fingerprint density at radius 2 is 1.16 bits per heavy atom. The molecule has 0 heterocycles. The number of unbranched alkanes of at least 4 members (excludes halogenated alkanes) is 8. The molecule has 0 nitrogen and oxygen atoms in total. The van der Waals surface area contributed by atoms with Crippen molar-refractivity contribution in [3.63, 3.8) is 0 Å². The fraction of sp³-hybridized carbons (Fsp3) is 0.895. The molecule has 0 amide bonds. The molecule has 19 heavy (non-hydrogen) atoms. The van der Waals surface area contributed by atoms with Crippen molar-refractivity contribution in [2.75, 3.05) is 0 Å². The van der Waals surface area contributed by atoms with E-state index in [0.29, 0.717) is 0 Å². The van der Waals surface area contributed by atoms with Crippen molar-refractivity contribution in [2.24, 2.45) is 5.92 Å². The van der Waals surface area contributed by atoms with Gasteiger partial charge in [0.15, 0.2) is 0 Å². The van der Waals surface area contributed by atoms with Gasteiger partial charge in [-0.05, 0) is 32.6 Å².